The summed E-state index contributed by atoms with van der Waals surface area (Å²) in [5.41, 5.74) is 0. The number of alkyl halides is 1. The van der Waals surface area contributed by atoms with Crippen molar-refractivity contribution >= 4 is 11.6 Å². The number of rotatable bonds is 1. The van der Waals surface area contributed by atoms with Crippen LogP contribution in [-0.4, -0.2) is 10.7 Å². The molecule has 11 heavy (non-hydrogen) atoms. The molecule has 0 saturated heterocycles. The highest BCUT2D eigenvalue weighted by atomic mass is 35.5. The average Bonchev–Trinajstić information content (AvgIpc) is 1.95. The van der Waals surface area contributed by atoms with Crippen LogP contribution in [0.4, 0.5) is 4.39 Å². The lowest BCUT2D eigenvalue weighted by atomic mass is 10.1. The molecule has 0 N–H and O–H groups in total. The molecular formula is C6H5ClFNO2. The second-order valence-corrected chi connectivity index (χ2v) is 2.57. The van der Waals surface area contributed by atoms with Gasteiger partial charge < -0.3 is 0 Å². The van der Waals surface area contributed by atoms with Gasteiger partial charge in [-0.3, -0.25) is 10.1 Å². The Morgan fingerprint density at radius 2 is 2.45 bits per heavy atom. The summed E-state index contributed by atoms with van der Waals surface area (Å²) in [5.74, 6) is -2.60. The fourth-order valence-corrected chi connectivity index (χ4v) is 0.983. The predicted molar refractivity (Wildman–Crippen MR) is 38.5 cm³/mol. The Balaban J connectivity index is 2.97. The third-order valence-corrected chi connectivity index (χ3v) is 1.84. The van der Waals surface area contributed by atoms with E-state index in [-0.39, 0.29) is 11.5 Å². The zero-order chi connectivity index (χ0) is 8.48. The minimum atomic E-state index is -2.60. The molecule has 5 heteroatoms. The molecule has 0 aromatic rings. The van der Waals surface area contributed by atoms with Gasteiger partial charge in [0.2, 0.25) is 0 Å². The van der Waals surface area contributed by atoms with Crippen LogP contribution in [0.1, 0.15) is 6.42 Å². The molecule has 1 aliphatic carbocycles. The summed E-state index contributed by atoms with van der Waals surface area (Å²) in [6.45, 7) is 0. The highest BCUT2D eigenvalue weighted by Gasteiger charge is 2.46. The first-order valence-corrected chi connectivity index (χ1v) is 3.31. The number of halogens is 2. The summed E-state index contributed by atoms with van der Waals surface area (Å²) in [4.78, 5) is 9.14. The SMILES string of the molecule is O=[N+]([O-])C1(F)CC=CC=C1Cl. The molecule has 3 nitrogen and oxygen atoms in total. The third-order valence-electron chi connectivity index (χ3n) is 1.42. The summed E-state index contributed by atoms with van der Waals surface area (Å²) >= 11 is 5.31. The van der Waals surface area contributed by atoms with Crippen molar-refractivity contribution in [3.8, 4) is 0 Å². The number of hydrogen-bond donors (Lipinski definition) is 0. The Morgan fingerprint density at radius 1 is 1.82 bits per heavy atom. The lowest BCUT2D eigenvalue weighted by Gasteiger charge is -2.15. The maximum Gasteiger partial charge on any atom is 0.398 e. The van der Waals surface area contributed by atoms with Gasteiger partial charge in [-0.1, -0.05) is 23.8 Å². The second kappa shape index (κ2) is 2.62. The number of allylic oxidation sites excluding steroid dienone is 2. The highest BCUT2D eigenvalue weighted by molar-refractivity contribution is 6.30. The van der Waals surface area contributed by atoms with Crippen LogP contribution in [0, 0.1) is 10.1 Å². The van der Waals surface area contributed by atoms with E-state index in [1.807, 2.05) is 0 Å². The summed E-state index contributed by atoms with van der Waals surface area (Å²) in [6.07, 6.45) is 3.75. The zero-order valence-corrected chi connectivity index (χ0v) is 6.21. The maximum atomic E-state index is 13.1. The molecular weight excluding hydrogens is 173 g/mol. The smallest absolute Gasteiger partial charge is 0.261 e. The second-order valence-electron chi connectivity index (χ2n) is 2.16. The first kappa shape index (κ1) is 8.20. The monoisotopic (exact) mass is 177 g/mol. The fraction of sp³-hybridized carbons (Fsp3) is 0.333. The van der Waals surface area contributed by atoms with Crippen molar-refractivity contribution < 1.29 is 9.31 Å². The van der Waals surface area contributed by atoms with Crippen molar-refractivity contribution in [3.05, 3.63) is 33.4 Å². The summed E-state index contributed by atoms with van der Waals surface area (Å²) in [6, 6.07) is 0. The standard InChI is InChI=1S/C6H5ClFNO2/c7-5-3-1-2-4-6(5,8)9(10)11/h1-3H,4H2. The van der Waals surface area contributed by atoms with Gasteiger partial charge in [-0.05, 0) is 6.08 Å². The number of nitro groups is 1. The van der Waals surface area contributed by atoms with E-state index in [9.17, 15) is 14.5 Å². The van der Waals surface area contributed by atoms with Gasteiger partial charge in [0.05, 0.1) is 11.3 Å². The molecule has 0 amide bonds. The topological polar surface area (TPSA) is 43.1 Å². The Bertz CT molecular complexity index is 251. The van der Waals surface area contributed by atoms with Gasteiger partial charge in [0.1, 0.15) is 5.03 Å². The van der Waals surface area contributed by atoms with E-state index in [4.69, 9.17) is 11.6 Å². The van der Waals surface area contributed by atoms with Crippen molar-refractivity contribution in [3.63, 3.8) is 0 Å². The highest BCUT2D eigenvalue weighted by Crippen LogP contribution is 2.32. The van der Waals surface area contributed by atoms with Crippen molar-refractivity contribution in [2.75, 3.05) is 0 Å². The quantitative estimate of drug-likeness (QED) is 0.349. The first-order chi connectivity index (χ1) is 5.07. The van der Waals surface area contributed by atoms with Crippen LogP contribution in [0.2, 0.25) is 0 Å². The van der Waals surface area contributed by atoms with Crippen LogP contribution in [0.5, 0.6) is 0 Å². The Hall–Kier alpha value is -0.900. The molecule has 1 unspecified atom stereocenters. The molecule has 0 saturated carbocycles. The maximum absolute atomic E-state index is 13.1. The average molecular weight is 178 g/mol. The Kier molecular flexibility index (Phi) is 1.95. The van der Waals surface area contributed by atoms with E-state index in [0.29, 0.717) is 0 Å². The summed E-state index contributed by atoms with van der Waals surface area (Å²) < 4.78 is 13.1. The van der Waals surface area contributed by atoms with Crippen LogP contribution in [0.3, 0.4) is 0 Å². The Morgan fingerprint density at radius 3 is 2.82 bits per heavy atom. The normalized spacial score (nSPS) is 29.8. The van der Waals surface area contributed by atoms with E-state index in [1.54, 1.807) is 0 Å². The lowest BCUT2D eigenvalue weighted by Crippen LogP contribution is -2.33. The van der Waals surface area contributed by atoms with Gasteiger partial charge in [-0.2, -0.15) is 4.39 Å². The van der Waals surface area contributed by atoms with E-state index >= 15 is 0 Å². The van der Waals surface area contributed by atoms with Crippen LogP contribution in [0.25, 0.3) is 0 Å². The fourth-order valence-electron chi connectivity index (χ4n) is 0.764. The molecule has 0 bridgehead atoms. The summed E-state index contributed by atoms with van der Waals surface area (Å²) in [5, 5.41) is 9.79. The van der Waals surface area contributed by atoms with Gasteiger partial charge >= 0.3 is 5.79 Å². The predicted octanol–water partition coefficient (Wildman–Crippen LogP) is 2.01. The van der Waals surface area contributed by atoms with Gasteiger partial charge in [0.25, 0.3) is 0 Å². The zero-order valence-electron chi connectivity index (χ0n) is 5.46. The number of nitrogens with zero attached hydrogens (tertiary/aromatic N) is 1. The van der Waals surface area contributed by atoms with Crippen molar-refractivity contribution in [2.24, 2.45) is 0 Å². The van der Waals surface area contributed by atoms with Gasteiger partial charge in [-0.15, -0.1) is 0 Å². The van der Waals surface area contributed by atoms with Crippen LogP contribution in [-0.2, 0) is 0 Å². The minimum Gasteiger partial charge on any atom is -0.261 e. The van der Waals surface area contributed by atoms with Gasteiger partial charge in [-0.25, -0.2) is 0 Å². The van der Waals surface area contributed by atoms with E-state index < -0.39 is 10.7 Å². The molecule has 1 aliphatic rings. The van der Waals surface area contributed by atoms with Crippen LogP contribution in [0.15, 0.2) is 23.3 Å². The molecule has 1 rings (SSSR count). The molecule has 0 heterocycles. The molecule has 0 aliphatic heterocycles. The Labute approximate surface area is 67.3 Å². The third kappa shape index (κ3) is 1.26. The van der Waals surface area contributed by atoms with Crippen molar-refractivity contribution in [1.29, 1.82) is 0 Å². The number of hydrogen-bond acceptors (Lipinski definition) is 2. The van der Waals surface area contributed by atoms with Crippen LogP contribution < -0.4 is 0 Å². The molecule has 60 valence electrons. The van der Waals surface area contributed by atoms with Gasteiger partial charge in [0.15, 0.2) is 0 Å². The molecule has 0 aromatic heterocycles. The van der Waals surface area contributed by atoms with E-state index in [2.05, 4.69) is 0 Å². The molecule has 0 spiro atoms. The minimum absolute atomic E-state index is 0.296. The molecule has 0 radical (unpaired) electrons. The van der Waals surface area contributed by atoms with Gasteiger partial charge in [0, 0.05) is 0 Å². The van der Waals surface area contributed by atoms with Crippen molar-refractivity contribution in [1.82, 2.24) is 0 Å². The van der Waals surface area contributed by atoms with Crippen LogP contribution >= 0.6 is 11.6 Å². The molecule has 0 fully saturated rings. The summed E-state index contributed by atoms with van der Waals surface area (Å²) in [7, 11) is 0. The van der Waals surface area contributed by atoms with E-state index in [0.717, 1.165) is 0 Å². The largest absolute Gasteiger partial charge is 0.398 e. The van der Waals surface area contributed by atoms with Crippen molar-refractivity contribution in [2.45, 2.75) is 12.2 Å². The van der Waals surface area contributed by atoms with E-state index in [1.165, 1.54) is 18.2 Å². The first-order valence-electron chi connectivity index (χ1n) is 2.93. The molecule has 0 aromatic carbocycles. The lowest BCUT2D eigenvalue weighted by molar-refractivity contribution is -0.590. The molecule has 1 atom stereocenters.